The Kier molecular flexibility index (Phi) is 4.84. The number of hydrogen-bond donors (Lipinski definition) is 0. The lowest BCUT2D eigenvalue weighted by molar-refractivity contribution is 1.01. The van der Waals surface area contributed by atoms with E-state index < -0.39 is 0 Å². The molecule has 0 saturated carbocycles. The first-order valence-electron chi connectivity index (χ1n) is 13.9. The van der Waals surface area contributed by atoms with E-state index in [0.29, 0.717) is 11.1 Å². The minimum absolute atomic E-state index is 0.595. The minimum Gasteiger partial charge on any atom is -0.294 e. The summed E-state index contributed by atoms with van der Waals surface area (Å²) in [4.78, 5) is 5.26. The van der Waals surface area contributed by atoms with Gasteiger partial charge in [0.25, 0.3) is 0 Å². The minimum atomic E-state index is 0.595. The second kappa shape index (κ2) is 8.77. The maximum Gasteiger partial charge on any atom is 0.140 e. The van der Waals surface area contributed by atoms with Crippen LogP contribution in [0, 0.1) is 22.7 Å². The first kappa shape index (κ1) is 23.7. The second-order valence-electron chi connectivity index (χ2n) is 10.6. The third-order valence-corrected chi connectivity index (χ3v) is 9.68. The van der Waals surface area contributed by atoms with Gasteiger partial charge in [-0.25, -0.2) is 4.98 Å². The van der Waals surface area contributed by atoms with Crippen LogP contribution in [0.2, 0.25) is 0 Å². The predicted octanol–water partition coefficient (Wildman–Crippen LogP) is 9.39. The number of para-hydroxylation sites is 3. The number of nitrogens with zero attached hydrogens (tertiary/aromatic N) is 5. The maximum absolute atomic E-state index is 10.7. The predicted molar refractivity (Wildman–Crippen MR) is 175 cm³/mol. The number of aromatic nitrogens is 3. The van der Waals surface area contributed by atoms with E-state index in [1.54, 1.807) is 0 Å². The van der Waals surface area contributed by atoms with E-state index in [4.69, 9.17) is 4.98 Å². The van der Waals surface area contributed by atoms with Crippen LogP contribution >= 0.6 is 11.3 Å². The molecule has 9 rings (SSSR count). The number of benzene rings is 5. The summed E-state index contributed by atoms with van der Waals surface area (Å²) in [5.74, 6) is 1.54. The summed E-state index contributed by atoms with van der Waals surface area (Å²) in [7, 11) is 0. The van der Waals surface area contributed by atoms with E-state index in [1.807, 2.05) is 48.5 Å². The lowest BCUT2D eigenvalue weighted by atomic mass is 10.0. The van der Waals surface area contributed by atoms with Crippen LogP contribution < -0.4 is 0 Å². The van der Waals surface area contributed by atoms with Gasteiger partial charge in [0.1, 0.15) is 23.8 Å². The Labute approximate surface area is 249 Å². The van der Waals surface area contributed by atoms with Crippen LogP contribution in [0.5, 0.6) is 0 Å². The molecule has 0 fully saturated rings. The molecule has 0 saturated heterocycles. The van der Waals surface area contributed by atoms with Gasteiger partial charge in [-0.1, -0.05) is 72.8 Å². The van der Waals surface area contributed by atoms with Crippen molar-refractivity contribution < 1.29 is 0 Å². The van der Waals surface area contributed by atoms with Gasteiger partial charge in [0.15, 0.2) is 0 Å². The summed E-state index contributed by atoms with van der Waals surface area (Å²) in [6.45, 7) is 0. The lowest BCUT2D eigenvalue weighted by Crippen LogP contribution is -2.03. The van der Waals surface area contributed by atoms with Crippen molar-refractivity contribution in [1.29, 1.82) is 10.5 Å². The first-order valence-corrected chi connectivity index (χ1v) is 14.8. The highest BCUT2D eigenvalue weighted by atomic mass is 32.1. The molecule has 0 N–H and O–H groups in total. The van der Waals surface area contributed by atoms with Crippen LogP contribution in [0.25, 0.3) is 75.4 Å². The molecule has 0 amide bonds. The molecule has 198 valence electrons. The molecule has 6 heteroatoms. The van der Waals surface area contributed by atoms with Crippen LogP contribution in [0.1, 0.15) is 11.1 Å². The number of thiophene rings is 1. The zero-order valence-corrected chi connectivity index (χ0v) is 23.4. The van der Waals surface area contributed by atoms with Gasteiger partial charge >= 0.3 is 0 Å². The number of hydrogen-bond acceptors (Lipinski definition) is 4. The Morgan fingerprint density at radius 2 is 1.07 bits per heavy atom. The molecule has 4 heterocycles. The largest absolute Gasteiger partial charge is 0.294 e. The van der Waals surface area contributed by atoms with Crippen LogP contribution in [0.3, 0.4) is 0 Å². The summed E-state index contributed by atoms with van der Waals surface area (Å²) in [6, 6.07) is 44.0. The maximum atomic E-state index is 10.7. The fraction of sp³-hybridized carbons (Fsp3) is 0. The van der Waals surface area contributed by atoms with Gasteiger partial charge in [-0.2, -0.15) is 10.5 Å². The molecular weight excluding hydrogens is 547 g/mol. The van der Waals surface area contributed by atoms with E-state index in [1.165, 1.54) is 22.1 Å². The van der Waals surface area contributed by atoms with Gasteiger partial charge in [0.2, 0.25) is 0 Å². The van der Waals surface area contributed by atoms with Crippen LogP contribution in [-0.2, 0) is 0 Å². The van der Waals surface area contributed by atoms with Gasteiger partial charge in [0, 0.05) is 32.3 Å². The first-order chi connectivity index (χ1) is 21.3. The molecule has 0 bridgehead atoms. The van der Waals surface area contributed by atoms with Crippen LogP contribution in [0.15, 0.2) is 115 Å². The Bertz CT molecular complexity index is 2660. The SMILES string of the molecule is N#Cc1cccc2c1sc1c(C#N)c3c(cc12)c1ccccc1n3-c1cccc(-n2c3ccccc3c3ccccc32)n1. The molecule has 9 aromatic rings. The van der Waals surface area contributed by atoms with Gasteiger partial charge in [-0.15, -0.1) is 11.3 Å². The molecule has 43 heavy (non-hydrogen) atoms. The Hall–Kier alpha value is -5.95. The molecule has 0 aliphatic heterocycles. The second-order valence-corrected chi connectivity index (χ2v) is 11.6. The zero-order chi connectivity index (χ0) is 28.7. The van der Waals surface area contributed by atoms with Crippen molar-refractivity contribution in [3.63, 3.8) is 0 Å². The Morgan fingerprint density at radius 3 is 1.72 bits per heavy atom. The topological polar surface area (TPSA) is 70.3 Å². The molecule has 0 spiro atoms. The molecule has 0 atom stereocenters. The van der Waals surface area contributed by atoms with Crippen LogP contribution in [0.4, 0.5) is 0 Å². The Morgan fingerprint density at radius 1 is 0.512 bits per heavy atom. The molecular formula is C37H19N5S. The average Bonchev–Trinajstić information content (AvgIpc) is 3.71. The van der Waals surface area contributed by atoms with E-state index in [0.717, 1.165) is 64.6 Å². The summed E-state index contributed by atoms with van der Waals surface area (Å²) in [6.07, 6.45) is 0. The summed E-state index contributed by atoms with van der Waals surface area (Å²) in [5, 5.41) is 26.9. The van der Waals surface area contributed by atoms with Crippen molar-refractivity contribution in [3.8, 4) is 23.8 Å². The number of fused-ring (bicyclic) bond motifs is 9. The highest BCUT2D eigenvalue weighted by Crippen LogP contribution is 2.44. The summed E-state index contributed by atoms with van der Waals surface area (Å²) in [5.41, 5.74) is 5.22. The number of pyridine rings is 1. The standard InChI is InChI=1S/C37H19N5S/c38-20-22-9-7-13-26-28-19-27-25-12-3-6-16-32(25)42(35(27)29(21-39)37(28)43-36(22)26)34-18-8-17-33(40-34)41-30-14-4-1-10-23(30)24-11-2-5-15-31(24)41/h1-19H. The molecule has 0 aliphatic carbocycles. The molecule has 4 aromatic heterocycles. The Balaban J connectivity index is 1.40. The fourth-order valence-corrected chi connectivity index (χ4v) is 7.88. The van der Waals surface area contributed by atoms with Crippen molar-refractivity contribution in [2.75, 3.05) is 0 Å². The highest BCUT2D eigenvalue weighted by molar-refractivity contribution is 7.26. The summed E-state index contributed by atoms with van der Waals surface area (Å²) >= 11 is 1.51. The van der Waals surface area contributed by atoms with E-state index >= 15 is 0 Å². The molecule has 0 radical (unpaired) electrons. The monoisotopic (exact) mass is 565 g/mol. The van der Waals surface area contributed by atoms with Crippen molar-refractivity contribution >= 4 is 75.1 Å². The van der Waals surface area contributed by atoms with Gasteiger partial charge in [-0.3, -0.25) is 9.13 Å². The molecule has 0 aliphatic rings. The third kappa shape index (κ3) is 3.16. The quantitative estimate of drug-likeness (QED) is 0.210. The average molecular weight is 566 g/mol. The zero-order valence-electron chi connectivity index (χ0n) is 22.6. The summed E-state index contributed by atoms with van der Waals surface area (Å²) < 4.78 is 6.12. The third-order valence-electron chi connectivity index (χ3n) is 8.41. The van der Waals surface area contributed by atoms with Crippen molar-refractivity contribution in [3.05, 3.63) is 126 Å². The normalized spacial score (nSPS) is 11.7. The fourth-order valence-electron chi connectivity index (χ4n) is 6.64. The van der Waals surface area contributed by atoms with Crippen molar-refractivity contribution in [2.24, 2.45) is 0 Å². The smallest absolute Gasteiger partial charge is 0.140 e. The molecule has 5 aromatic carbocycles. The van der Waals surface area contributed by atoms with E-state index in [9.17, 15) is 10.5 Å². The van der Waals surface area contributed by atoms with Gasteiger partial charge in [0.05, 0.1) is 42.6 Å². The van der Waals surface area contributed by atoms with E-state index in [2.05, 4.69) is 88.0 Å². The van der Waals surface area contributed by atoms with Crippen molar-refractivity contribution in [1.82, 2.24) is 14.1 Å². The van der Waals surface area contributed by atoms with Crippen molar-refractivity contribution in [2.45, 2.75) is 0 Å². The molecule has 5 nitrogen and oxygen atoms in total. The van der Waals surface area contributed by atoms with E-state index in [-0.39, 0.29) is 0 Å². The van der Waals surface area contributed by atoms with Gasteiger partial charge in [-0.05, 0) is 42.5 Å². The highest BCUT2D eigenvalue weighted by Gasteiger charge is 2.22. The lowest BCUT2D eigenvalue weighted by Gasteiger charge is -2.12. The number of rotatable bonds is 2. The van der Waals surface area contributed by atoms with Crippen LogP contribution in [-0.4, -0.2) is 14.1 Å². The molecule has 0 unspecified atom stereocenters. The van der Waals surface area contributed by atoms with Gasteiger partial charge < -0.3 is 0 Å². The number of nitriles is 2.